The highest BCUT2D eigenvalue weighted by molar-refractivity contribution is 7.14. The van der Waals surface area contributed by atoms with E-state index >= 15 is 0 Å². The molecule has 0 fully saturated rings. The molecule has 2 aromatic heterocycles. The van der Waals surface area contributed by atoms with Crippen LogP contribution in [0.4, 0.5) is 10.9 Å². The van der Waals surface area contributed by atoms with E-state index in [2.05, 4.69) is 22.2 Å². The fourth-order valence-corrected chi connectivity index (χ4v) is 2.79. The van der Waals surface area contributed by atoms with Crippen molar-refractivity contribution in [3.05, 3.63) is 54.0 Å². The second-order valence-electron chi connectivity index (χ2n) is 5.10. The van der Waals surface area contributed by atoms with Gasteiger partial charge in [0.25, 0.3) is 0 Å². The van der Waals surface area contributed by atoms with Crippen LogP contribution in [-0.2, 0) is 0 Å². The van der Waals surface area contributed by atoms with Gasteiger partial charge >= 0.3 is 0 Å². The normalized spacial score (nSPS) is 10.5. The summed E-state index contributed by atoms with van der Waals surface area (Å²) in [6.07, 6.45) is 3.98. The molecule has 0 atom stereocenters. The first kappa shape index (κ1) is 15.5. The topological polar surface area (TPSA) is 47.0 Å². The number of unbranched alkanes of at least 4 members (excludes halogenated alkanes) is 1. The molecule has 1 aromatic carbocycles. The van der Waals surface area contributed by atoms with E-state index in [-0.39, 0.29) is 0 Å². The monoisotopic (exact) mass is 325 g/mol. The zero-order valence-electron chi connectivity index (χ0n) is 13.0. The number of nitrogens with one attached hydrogen (secondary N) is 1. The molecule has 0 saturated heterocycles. The van der Waals surface area contributed by atoms with Crippen molar-refractivity contribution in [1.82, 2.24) is 9.97 Å². The number of nitrogens with zero attached hydrogens (tertiary/aromatic N) is 2. The molecule has 0 spiro atoms. The summed E-state index contributed by atoms with van der Waals surface area (Å²) in [7, 11) is 0. The lowest BCUT2D eigenvalue weighted by Crippen LogP contribution is -1.96. The molecule has 23 heavy (non-hydrogen) atoms. The summed E-state index contributed by atoms with van der Waals surface area (Å²) in [5.74, 6) is 1.71. The van der Waals surface area contributed by atoms with Crippen LogP contribution < -0.4 is 10.1 Å². The molecule has 0 saturated carbocycles. The van der Waals surface area contributed by atoms with Crippen LogP contribution in [0.1, 0.15) is 19.8 Å². The summed E-state index contributed by atoms with van der Waals surface area (Å²) in [5.41, 5.74) is 2.03. The number of benzene rings is 1. The highest BCUT2D eigenvalue weighted by Gasteiger charge is 2.05. The number of anilines is 2. The first-order valence-electron chi connectivity index (χ1n) is 7.72. The van der Waals surface area contributed by atoms with Gasteiger partial charge in [-0.3, -0.25) is 0 Å². The molecular weight excluding hydrogens is 306 g/mol. The maximum absolute atomic E-state index is 5.68. The van der Waals surface area contributed by atoms with Gasteiger partial charge < -0.3 is 10.1 Å². The van der Waals surface area contributed by atoms with Gasteiger partial charge in [0, 0.05) is 17.1 Å². The van der Waals surface area contributed by atoms with Gasteiger partial charge in [0.2, 0.25) is 0 Å². The van der Waals surface area contributed by atoms with Crippen molar-refractivity contribution in [1.29, 1.82) is 0 Å². The maximum atomic E-state index is 5.68. The Hall–Kier alpha value is -2.40. The molecule has 1 N–H and O–H groups in total. The first-order chi connectivity index (χ1) is 11.3. The third-order valence-electron chi connectivity index (χ3n) is 3.32. The van der Waals surface area contributed by atoms with Crippen LogP contribution in [-0.4, -0.2) is 16.6 Å². The van der Waals surface area contributed by atoms with Crippen LogP contribution >= 0.6 is 11.3 Å². The van der Waals surface area contributed by atoms with Crippen LogP contribution in [0.2, 0.25) is 0 Å². The second kappa shape index (κ2) is 7.74. The quantitative estimate of drug-likeness (QED) is 0.612. The summed E-state index contributed by atoms with van der Waals surface area (Å²) in [6.45, 7) is 2.93. The summed E-state index contributed by atoms with van der Waals surface area (Å²) in [5, 5.41) is 6.09. The largest absolute Gasteiger partial charge is 0.494 e. The molecule has 0 bridgehead atoms. The van der Waals surface area contributed by atoms with Crippen molar-refractivity contribution in [3.8, 4) is 17.0 Å². The van der Waals surface area contributed by atoms with Gasteiger partial charge in [-0.2, -0.15) is 0 Å². The first-order valence-corrected chi connectivity index (χ1v) is 8.60. The Morgan fingerprint density at radius 2 is 2.00 bits per heavy atom. The van der Waals surface area contributed by atoms with Gasteiger partial charge in [-0.05, 0) is 42.8 Å². The number of thiazole rings is 1. The predicted octanol–water partition coefficient (Wildman–Crippen LogP) is 5.13. The highest BCUT2D eigenvalue weighted by atomic mass is 32.1. The number of rotatable bonds is 7. The van der Waals surface area contributed by atoms with Gasteiger partial charge in [0.15, 0.2) is 5.13 Å². The fraction of sp³-hybridized carbons (Fsp3) is 0.222. The van der Waals surface area contributed by atoms with Crippen molar-refractivity contribution in [2.45, 2.75) is 19.8 Å². The van der Waals surface area contributed by atoms with Crippen LogP contribution in [0, 0.1) is 0 Å². The fourth-order valence-electron chi connectivity index (χ4n) is 2.07. The third kappa shape index (κ3) is 4.29. The summed E-state index contributed by atoms with van der Waals surface area (Å²) < 4.78 is 5.68. The van der Waals surface area contributed by atoms with E-state index in [4.69, 9.17) is 4.74 Å². The molecule has 0 aliphatic heterocycles. The Morgan fingerprint density at radius 3 is 2.74 bits per heavy atom. The molecule has 2 heterocycles. The van der Waals surface area contributed by atoms with Gasteiger partial charge in [-0.1, -0.05) is 19.4 Å². The van der Waals surface area contributed by atoms with Crippen LogP contribution in [0.5, 0.6) is 5.75 Å². The molecule has 118 valence electrons. The number of pyridine rings is 1. The van der Waals surface area contributed by atoms with Gasteiger partial charge in [-0.15, -0.1) is 11.3 Å². The second-order valence-corrected chi connectivity index (χ2v) is 5.96. The number of hydrogen-bond acceptors (Lipinski definition) is 5. The molecule has 0 unspecified atom stereocenters. The van der Waals surface area contributed by atoms with E-state index in [1.165, 1.54) is 0 Å². The van der Waals surface area contributed by atoms with E-state index in [0.29, 0.717) is 0 Å². The van der Waals surface area contributed by atoms with E-state index in [1.54, 1.807) is 17.5 Å². The molecule has 3 rings (SSSR count). The molecule has 4 nitrogen and oxygen atoms in total. The van der Waals surface area contributed by atoms with Crippen molar-refractivity contribution in [2.24, 2.45) is 0 Å². The Morgan fingerprint density at radius 1 is 1.13 bits per heavy atom. The van der Waals surface area contributed by atoms with E-state index in [0.717, 1.165) is 47.4 Å². The van der Waals surface area contributed by atoms with Crippen molar-refractivity contribution >= 4 is 22.3 Å². The molecule has 0 aliphatic carbocycles. The highest BCUT2D eigenvalue weighted by Crippen LogP contribution is 2.27. The molecule has 0 aliphatic rings. The lowest BCUT2D eigenvalue weighted by atomic mass is 10.2. The van der Waals surface area contributed by atoms with Gasteiger partial charge in [0.05, 0.1) is 12.3 Å². The number of hydrogen-bond donors (Lipinski definition) is 1. The number of aromatic nitrogens is 2. The third-order valence-corrected chi connectivity index (χ3v) is 4.08. The minimum atomic E-state index is 0.769. The Labute approximate surface area is 140 Å². The van der Waals surface area contributed by atoms with Crippen molar-refractivity contribution < 1.29 is 4.74 Å². The Bertz CT molecular complexity index is 726. The standard InChI is InChI=1S/C18H19N3OS/c1-2-3-12-22-15-9-7-14(8-10-15)16-13-23-18(20-16)21-17-6-4-5-11-19-17/h4-11,13H,2-3,12H2,1H3,(H,19,20,21). The summed E-state index contributed by atoms with van der Waals surface area (Å²) >= 11 is 1.57. The predicted molar refractivity (Wildman–Crippen MR) is 95.5 cm³/mol. The zero-order valence-corrected chi connectivity index (χ0v) is 13.8. The van der Waals surface area contributed by atoms with Gasteiger partial charge in [-0.25, -0.2) is 9.97 Å². The van der Waals surface area contributed by atoms with Crippen molar-refractivity contribution in [3.63, 3.8) is 0 Å². The average Bonchev–Trinajstić information content (AvgIpc) is 3.05. The maximum Gasteiger partial charge on any atom is 0.188 e. The zero-order chi connectivity index (χ0) is 15.9. The molecule has 5 heteroatoms. The van der Waals surface area contributed by atoms with E-state index in [9.17, 15) is 0 Å². The number of ether oxygens (including phenoxy) is 1. The minimum Gasteiger partial charge on any atom is -0.494 e. The summed E-state index contributed by atoms with van der Waals surface area (Å²) in [6, 6.07) is 13.8. The van der Waals surface area contributed by atoms with E-state index < -0.39 is 0 Å². The van der Waals surface area contributed by atoms with Crippen LogP contribution in [0.25, 0.3) is 11.3 Å². The smallest absolute Gasteiger partial charge is 0.188 e. The van der Waals surface area contributed by atoms with E-state index in [1.807, 2.05) is 47.8 Å². The molecule has 0 amide bonds. The van der Waals surface area contributed by atoms with Gasteiger partial charge in [0.1, 0.15) is 11.6 Å². The lowest BCUT2D eigenvalue weighted by Gasteiger charge is -2.05. The molecular formula is C18H19N3OS. The summed E-state index contributed by atoms with van der Waals surface area (Å²) in [4.78, 5) is 8.85. The lowest BCUT2D eigenvalue weighted by molar-refractivity contribution is 0.309. The average molecular weight is 325 g/mol. The van der Waals surface area contributed by atoms with Crippen molar-refractivity contribution in [2.75, 3.05) is 11.9 Å². The Balaban J connectivity index is 1.65. The Kier molecular flexibility index (Phi) is 5.21. The van der Waals surface area contributed by atoms with Crippen LogP contribution in [0.3, 0.4) is 0 Å². The molecule has 3 aromatic rings. The van der Waals surface area contributed by atoms with Crippen LogP contribution in [0.15, 0.2) is 54.0 Å². The SMILES string of the molecule is CCCCOc1ccc(-c2csc(Nc3ccccn3)n2)cc1. The minimum absolute atomic E-state index is 0.769. The molecule has 0 radical (unpaired) electrons.